The fourth-order valence-electron chi connectivity index (χ4n) is 3.87. The molecule has 12 heteroatoms. The van der Waals surface area contributed by atoms with Crippen LogP contribution in [0.2, 0.25) is 5.02 Å². The van der Waals surface area contributed by atoms with E-state index in [4.69, 9.17) is 40.0 Å². The number of ether oxygens (including phenoxy) is 6. The van der Waals surface area contributed by atoms with Crippen molar-refractivity contribution < 1.29 is 52.4 Å². The molecule has 1 saturated heterocycles. The zero-order valence-electron chi connectivity index (χ0n) is 21.6. The average Bonchev–Trinajstić information content (AvgIpc) is 2.86. The molecule has 2 aromatic rings. The van der Waals surface area contributed by atoms with Crippen molar-refractivity contribution >= 4 is 41.3 Å². The first-order valence-corrected chi connectivity index (χ1v) is 12.2. The third-order valence-electron chi connectivity index (χ3n) is 5.42. The highest BCUT2D eigenvalue weighted by Crippen LogP contribution is 2.31. The van der Waals surface area contributed by atoms with Crippen molar-refractivity contribution in [3.8, 4) is 5.75 Å². The number of carbonyl (C=O) groups excluding carboxylic acids is 5. The fraction of sp³-hybridized carbons (Fsp3) is 0.370. The Kier molecular flexibility index (Phi) is 10.0. The van der Waals surface area contributed by atoms with Crippen molar-refractivity contribution in [2.75, 3.05) is 6.61 Å². The lowest BCUT2D eigenvalue weighted by atomic mass is 9.98. The van der Waals surface area contributed by atoms with E-state index in [1.807, 2.05) is 0 Å². The quantitative estimate of drug-likeness (QED) is 0.253. The highest BCUT2D eigenvalue weighted by Gasteiger charge is 2.53. The lowest BCUT2D eigenvalue weighted by Gasteiger charge is -2.43. The maximum Gasteiger partial charge on any atom is 0.303 e. The first kappa shape index (κ1) is 29.6. The molecule has 0 bridgehead atoms. The standard InChI is InChI=1S/C27H27ClO11/c1-14(29)34-13-22-24(35-15(2)30)25(36-16(3)31)26(37-17(4)32)27(39-22)38-21-11-7-19(8-12-21)23(33)18-5-9-20(28)10-6-18/h5-12,22,24-27H,13H2,1-4H3/t22-,24+,25+,26-,27-/m1/s1. The van der Waals surface area contributed by atoms with Crippen LogP contribution in [0.3, 0.4) is 0 Å². The molecule has 1 aliphatic heterocycles. The molecule has 0 unspecified atom stereocenters. The van der Waals surface area contributed by atoms with Crippen LogP contribution in [0.1, 0.15) is 43.6 Å². The summed E-state index contributed by atoms with van der Waals surface area (Å²) in [5.74, 6) is -2.92. The zero-order valence-corrected chi connectivity index (χ0v) is 22.3. The van der Waals surface area contributed by atoms with Crippen molar-refractivity contribution in [3.05, 3.63) is 64.7 Å². The number of esters is 4. The van der Waals surface area contributed by atoms with E-state index in [-0.39, 0.29) is 18.1 Å². The highest BCUT2D eigenvalue weighted by atomic mass is 35.5. The first-order valence-electron chi connectivity index (χ1n) is 11.8. The molecule has 0 aliphatic carbocycles. The molecule has 1 fully saturated rings. The highest BCUT2D eigenvalue weighted by molar-refractivity contribution is 6.30. The molecule has 0 amide bonds. The van der Waals surface area contributed by atoms with Crippen molar-refractivity contribution in [3.63, 3.8) is 0 Å². The van der Waals surface area contributed by atoms with Crippen LogP contribution in [0, 0.1) is 0 Å². The fourth-order valence-corrected chi connectivity index (χ4v) is 4.00. The third kappa shape index (κ3) is 8.26. The molecular formula is C27H27ClO11. The number of hydrogen-bond acceptors (Lipinski definition) is 11. The zero-order chi connectivity index (χ0) is 28.7. The molecule has 3 rings (SSSR count). The van der Waals surface area contributed by atoms with Crippen LogP contribution >= 0.6 is 11.6 Å². The van der Waals surface area contributed by atoms with Gasteiger partial charge in [-0.15, -0.1) is 0 Å². The Hall–Kier alpha value is -3.96. The van der Waals surface area contributed by atoms with Gasteiger partial charge in [-0.25, -0.2) is 0 Å². The van der Waals surface area contributed by atoms with E-state index in [0.29, 0.717) is 16.1 Å². The second-order valence-electron chi connectivity index (χ2n) is 8.55. The van der Waals surface area contributed by atoms with Gasteiger partial charge in [0.25, 0.3) is 0 Å². The van der Waals surface area contributed by atoms with E-state index in [2.05, 4.69) is 0 Å². The molecule has 1 aliphatic rings. The monoisotopic (exact) mass is 562 g/mol. The van der Waals surface area contributed by atoms with Crippen LogP contribution in [0.5, 0.6) is 5.75 Å². The van der Waals surface area contributed by atoms with Crippen LogP contribution in [0.25, 0.3) is 0 Å². The Labute approximate surface area is 229 Å². The molecule has 0 N–H and O–H groups in total. The van der Waals surface area contributed by atoms with Gasteiger partial charge in [0.05, 0.1) is 0 Å². The summed E-state index contributed by atoms with van der Waals surface area (Å²) in [4.78, 5) is 60.0. The van der Waals surface area contributed by atoms with Crippen LogP contribution in [-0.2, 0) is 42.9 Å². The van der Waals surface area contributed by atoms with Crippen molar-refractivity contribution in [2.24, 2.45) is 0 Å². The summed E-state index contributed by atoms with van der Waals surface area (Å²) < 4.78 is 33.0. The molecule has 39 heavy (non-hydrogen) atoms. The van der Waals surface area contributed by atoms with Gasteiger partial charge in [-0.2, -0.15) is 0 Å². The van der Waals surface area contributed by atoms with Crippen LogP contribution in [0.4, 0.5) is 0 Å². The number of hydrogen-bond donors (Lipinski definition) is 0. The van der Waals surface area contributed by atoms with E-state index < -0.39 is 54.6 Å². The maximum absolute atomic E-state index is 12.8. The minimum Gasteiger partial charge on any atom is -0.463 e. The van der Waals surface area contributed by atoms with Crippen LogP contribution < -0.4 is 4.74 Å². The summed E-state index contributed by atoms with van der Waals surface area (Å²) in [7, 11) is 0. The third-order valence-corrected chi connectivity index (χ3v) is 5.68. The van der Waals surface area contributed by atoms with Crippen molar-refractivity contribution in [1.29, 1.82) is 0 Å². The minimum absolute atomic E-state index is 0.212. The molecule has 0 spiro atoms. The molecule has 0 saturated carbocycles. The lowest BCUT2D eigenvalue weighted by Crippen LogP contribution is -2.63. The Morgan fingerprint density at radius 3 is 1.69 bits per heavy atom. The van der Waals surface area contributed by atoms with E-state index in [1.165, 1.54) is 31.2 Å². The molecule has 208 valence electrons. The van der Waals surface area contributed by atoms with Gasteiger partial charge in [0.1, 0.15) is 18.5 Å². The predicted molar refractivity (Wildman–Crippen MR) is 134 cm³/mol. The topological polar surface area (TPSA) is 141 Å². The van der Waals surface area contributed by atoms with Crippen molar-refractivity contribution in [2.45, 2.75) is 58.4 Å². The van der Waals surface area contributed by atoms with Gasteiger partial charge in [0, 0.05) is 43.8 Å². The average molecular weight is 563 g/mol. The molecule has 0 aromatic heterocycles. The first-order chi connectivity index (χ1) is 18.4. The summed E-state index contributed by atoms with van der Waals surface area (Å²) in [6.07, 6.45) is -6.57. The number of carbonyl (C=O) groups is 5. The predicted octanol–water partition coefficient (Wildman–Crippen LogP) is 3.03. The van der Waals surface area contributed by atoms with Gasteiger partial charge in [-0.1, -0.05) is 11.6 Å². The van der Waals surface area contributed by atoms with Gasteiger partial charge in [0.2, 0.25) is 12.4 Å². The Morgan fingerprint density at radius 2 is 1.18 bits per heavy atom. The van der Waals surface area contributed by atoms with E-state index in [1.54, 1.807) is 24.3 Å². The normalized spacial score (nSPS) is 22.2. The smallest absolute Gasteiger partial charge is 0.303 e. The van der Waals surface area contributed by atoms with E-state index in [9.17, 15) is 24.0 Å². The Balaban J connectivity index is 1.90. The van der Waals surface area contributed by atoms with E-state index >= 15 is 0 Å². The van der Waals surface area contributed by atoms with Crippen LogP contribution in [0.15, 0.2) is 48.5 Å². The largest absolute Gasteiger partial charge is 0.463 e. The summed E-state index contributed by atoms with van der Waals surface area (Å²) in [6, 6.07) is 12.5. The SMILES string of the molecule is CC(=O)OC[C@H]1O[C@@H](Oc2ccc(C(=O)c3ccc(Cl)cc3)cc2)[C@H](OC(C)=O)[C@@H](OC(C)=O)[C@H]1OC(C)=O. The summed E-state index contributed by atoms with van der Waals surface area (Å²) >= 11 is 5.89. The van der Waals surface area contributed by atoms with E-state index in [0.717, 1.165) is 20.8 Å². The molecule has 2 aromatic carbocycles. The molecule has 1 heterocycles. The number of ketones is 1. The van der Waals surface area contributed by atoms with Crippen molar-refractivity contribution in [1.82, 2.24) is 0 Å². The molecular weight excluding hydrogens is 536 g/mol. The lowest BCUT2D eigenvalue weighted by molar-refractivity contribution is -0.288. The Bertz CT molecular complexity index is 1210. The van der Waals surface area contributed by atoms with Gasteiger partial charge < -0.3 is 28.4 Å². The van der Waals surface area contributed by atoms with Gasteiger partial charge in [-0.3, -0.25) is 24.0 Å². The minimum atomic E-state index is -1.39. The summed E-state index contributed by atoms with van der Waals surface area (Å²) in [5, 5.41) is 0.500. The summed E-state index contributed by atoms with van der Waals surface area (Å²) in [5.41, 5.74) is 0.805. The summed E-state index contributed by atoms with van der Waals surface area (Å²) in [6.45, 7) is 4.18. The van der Waals surface area contributed by atoms with Gasteiger partial charge in [0.15, 0.2) is 18.0 Å². The Morgan fingerprint density at radius 1 is 0.692 bits per heavy atom. The molecule has 5 atom stereocenters. The maximum atomic E-state index is 12.8. The second-order valence-corrected chi connectivity index (χ2v) is 8.98. The van der Waals surface area contributed by atoms with Crippen LogP contribution in [-0.4, -0.2) is 67.0 Å². The number of halogens is 1. The second kappa shape index (κ2) is 13.2. The van der Waals surface area contributed by atoms with Gasteiger partial charge >= 0.3 is 23.9 Å². The van der Waals surface area contributed by atoms with Gasteiger partial charge in [-0.05, 0) is 48.5 Å². The molecule has 11 nitrogen and oxygen atoms in total. The number of benzene rings is 2. The molecule has 0 radical (unpaired) electrons. The number of rotatable bonds is 9.